The summed E-state index contributed by atoms with van der Waals surface area (Å²) in [5.74, 6) is -1.21. The minimum absolute atomic E-state index is 0.102. The smallest absolute Gasteiger partial charge is 0.264 e. The zero-order valence-corrected chi connectivity index (χ0v) is 31.0. The minimum Gasteiger partial charge on any atom is -0.395 e. The Labute approximate surface area is 309 Å². The van der Waals surface area contributed by atoms with Crippen molar-refractivity contribution in [2.45, 2.75) is 56.8 Å². The Hall–Kier alpha value is -5.16. The average molecular weight is 728 g/mol. The standard InChI is InChI=1S/C43H42FN3O5Si/c1-28-40(53(2,3)44)37(25-38(49)45(22-23-48)26-29-12-5-4-6-13-29)52-43(28)34-19-7-8-20-35(34)46(42(43)51)27-30-14-9-17-32(24-30)47-36-21-11-16-31-15-10-18-33(39(31)36)41(47)50/h4-21,24,28,37,40,48H,22-23,25-27H2,1-3H3/t28-,37+,40-,43+/m0/s1. The lowest BCUT2D eigenvalue weighted by molar-refractivity contribution is -0.150. The predicted molar refractivity (Wildman–Crippen MR) is 206 cm³/mol. The van der Waals surface area contributed by atoms with Gasteiger partial charge < -0.3 is 23.8 Å². The topological polar surface area (TPSA) is 90.4 Å². The van der Waals surface area contributed by atoms with E-state index in [2.05, 4.69) is 0 Å². The summed E-state index contributed by atoms with van der Waals surface area (Å²) in [5, 5.41) is 11.7. The summed E-state index contributed by atoms with van der Waals surface area (Å²) in [4.78, 5) is 47.6. The van der Waals surface area contributed by atoms with Crippen LogP contribution in [0.4, 0.5) is 21.2 Å². The van der Waals surface area contributed by atoms with E-state index >= 15 is 4.11 Å². The molecule has 1 spiro atoms. The molecule has 0 radical (unpaired) electrons. The van der Waals surface area contributed by atoms with Gasteiger partial charge in [0.25, 0.3) is 11.8 Å². The third-order valence-corrected chi connectivity index (χ3v) is 13.7. The van der Waals surface area contributed by atoms with Gasteiger partial charge in [-0.15, -0.1) is 0 Å². The highest BCUT2D eigenvalue weighted by atomic mass is 28.4. The first-order valence-electron chi connectivity index (χ1n) is 18.2. The highest BCUT2D eigenvalue weighted by Gasteiger charge is 2.67. The number of fused-ring (bicyclic) bond motifs is 2. The van der Waals surface area contributed by atoms with Crippen LogP contribution in [0.3, 0.4) is 0 Å². The number of aliphatic hydroxyl groups excluding tert-OH is 1. The summed E-state index contributed by atoms with van der Waals surface area (Å²) >= 11 is 0. The van der Waals surface area contributed by atoms with Gasteiger partial charge in [-0.05, 0) is 59.9 Å². The molecular weight excluding hydrogens is 686 g/mol. The lowest BCUT2D eigenvalue weighted by Crippen LogP contribution is -2.45. The Bertz CT molecular complexity index is 2240. The van der Waals surface area contributed by atoms with Crippen molar-refractivity contribution in [3.05, 3.63) is 138 Å². The Kier molecular flexibility index (Phi) is 8.79. The molecule has 0 aliphatic carbocycles. The highest BCUT2D eigenvalue weighted by molar-refractivity contribution is 6.72. The second kappa shape index (κ2) is 13.4. The van der Waals surface area contributed by atoms with Crippen LogP contribution in [0.15, 0.2) is 115 Å². The molecule has 3 aliphatic heterocycles. The fourth-order valence-electron chi connectivity index (χ4n) is 9.02. The van der Waals surface area contributed by atoms with Crippen molar-refractivity contribution in [3.63, 3.8) is 0 Å². The monoisotopic (exact) mass is 727 g/mol. The summed E-state index contributed by atoms with van der Waals surface area (Å²) in [7, 11) is -3.51. The Morgan fingerprint density at radius 1 is 0.887 bits per heavy atom. The van der Waals surface area contributed by atoms with Gasteiger partial charge in [-0.25, -0.2) is 0 Å². The molecule has 53 heavy (non-hydrogen) atoms. The van der Waals surface area contributed by atoms with Crippen LogP contribution in [0.2, 0.25) is 18.6 Å². The molecule has 0 saturated carbocycles. The molecule has 5 aromatic rings. The molecule has 0 aromatic heterocycles. The van der Waals surface area contributed by atoms with Gasteiger partial charge in [-0.2, -0.15) is 0 Å². The molecule has 0 bridgehead atoms. The number of halogens is 1. The molecule has 8 rings (SSSR count). The second-order valence-corrected chi connectivity index (χ2v) is 18.7. The van der Waals surface area contributed by atoms with Crippen molar-refractivity contribution in [1.82, 2.24) is 4.90 Å². The maximum Gasteiger partial charge on any atom is 0.264 e. The first kappa shape index (κ1) is 34.9. The van der Waals surface area contributed by atoms with Crippen molar-refractivity contribution in [1.29, 1.82) is 0 Å². The van der Waals surface area contributed by atoms with Crippen LogP contribution in [-0.2, 0) is 33.0 Å². The van der Waals surface area contributed by atoms with E-state index in [-0.39, 0.29) is 43.8 Å². The summed E-state index contributed by atoms with van der Waals surface area (Å²) in [6.07, 6.45) is -0.951. The number of carbonyl (C=O) groups excluding carboxylic acids is 3. The zero-order chi connectivity index (χ0) is 37.1. The SMILES string of the molecule is C[C@H]1[C@H]([Si](C)(C)F)[C@@H](CC(=O)N(CCO)Cc2ccccc2)O[C@]12C(=O)N(Cc1cccc(N3C(=O)c4cccc5cccc3c45)c1)c1ccccc12. The molecule has 1 fully saturated rings. The van der Waals surface area contributed by atoms with Crippen LogP contribution >= 0.6 is 0 Å². The van der Waals surface area contributed by atoms with Gasteiger partial charge in [0.1, 0.15) is 0 Å². The van der Waals surface area contributed by atoms with Crippen molar-refractivity contribution >= 4 is 54.0 Å². The molecule has 3 heterocycles. The molecule has 1 N–H and O–H groups in total. The lowest BCUT2D eigenvalue weighted by Gasteiger charge is -2.31. The normalized spacial score (nSPS) is 21.9. The number of anilines is 3. The molecule has 0 unspecified atom stereocenters. The Morgan fingerprint density at radius 3 is 2.32 bits per heavy atom. The highest BCUT2D eigenvalue weighted by Crippen LogP contribution is 2.60. The molecule has 10 heteroatoms. The number of amides is 3. The molecule has 8 nitrogen and oxygen atoms in total. The number of rotatable bonds is 10. The number of nitrogens with zero attached hydrogens (tertiary/aromatic N) is 3. The molecule has 3 amide bonds. The summed E-state index contributed by atoms with van der Waals surface area (Å²) in [6, 6.07) is 36.3. The van der Waals surface area contributed by atoms with E-state index in [1.54, 1.807) is 27.8 Å². The van der Waals surface area contributed by atoms with Crippen molar-refractivity contribution < 1.29 is 28.3 Å². The van der Waals surface area contributed by atoms with Gasteiger partial charge in [-0.1, -0.05) is 91.9 Å². The first-order chi connectivity index (χ1) is 25.5. The summed E-state index contributed by atoms with van der Waals surface area (Å²) in [5.41, 5.74) is 3.12. The average Bonchev–Trinajstić information content (AvgIpc) is 3.70. The third-order valence-electron chi connectivity index (χ3n) is 11.2. The second-order valence-electron chi connectivity index (χ2n) is 14.9. The van der Waals surface area contributed by atoms with Crippen molar-refractivity contribution in [2.75, 3.05) is 23.0 Å². The number of aliphatic hydroxyl groups is 1. The number of benzene rings is 5. The zero-order valence-electron chi connectivity index (χ0n) is 30.0. The Morgan fingerprint density at radius 2 is 1.57 bits per heavy atom. The van der Waals surface area contributed by atoms with Gasteiger partial charge in [-0.3, -0.25) is 19.3 Å². The quantitative estimate of drug-likeness (QED) is 0.117. The molecule has 1 saturated heterocycles. The summed E-state index contributed by atoms with van der Waals surface area (Å²) in [6.45, 7) is 5.54. The predicted octanol–water partition coefficient (Wildman–Crippen LogP) is 7.86. The van der Waals surface area contributed by atoms with Gasteiger partial charge in [0.15, 0.2) is 5.60 Å². The summed E-state index contributed by atoms with van der Waals surface area (Å²) < 4.78 is 23.3. The fourth-order valence-corrected chi connectivity index (χ4v) is 11.5. The number of para-hydroxylation sites is 1. The van der Waals surface area contributed by atoms with Crippen LogP contribution in [0, 0.1) is 5.92 Å². The van der Waals surface area contributed by atoms with E-state index in [1.165, 1.54) is 0 Å². The molecular formula is C43H42FN3O5Si. The van der Waals surface area contributed by atoms with E-state index < -0.39 is 31.6 Å². The van der Waals surface area contributed by atoms with E-state index in [0.29, 0.717) is 29.0 Å². The maximum absolute atomic E-state index is 16.5. The van der Waals surface area contributed by atoms with Crippen LogP contribution in [0.25, 0.3) is 10.8 Å². The van der Waals surface area contributed by atoms with Gasteiger partial charge in [0, 0.05) is 41.2 Å². The number of hydrogen-bond acceptors (Lipinski definition) is 5. The van der Waals surface area contributed by atoms with Gasteiger partial charge >= 0.3 is 0 Å². The lowest BCUT2D eigenvalue weighted by atomic mass is 9.82. The number of carbonyl (C=O) groups is 3. The van der Waals surface area contributed by atoms with E-state index in [9.17, 15) is 19.5 Å². The van der Waals surface area contributed by atoms with Crippen LogP contribution in [0.5, 0.6) is 0 Å². The molecule has 5 aromatic carbocycles. The van der Waals surface area contributed by atoms with Gasteiger partial charge in [0.05, 0.1) is 42.6 Å². The van der Waals surface area contributed by atoms with Crippen LogP contribution in [0.1, 0.15) is 40.4 Å². The van der Waals surface area contributed by atoms with E-state index in [1.807, 2.05) is 122 Å². The Balaban J connectivity index is 1.10. The molecule has 270 valence electrons. The first-order valence-corrected chi connectivity index (χ1v) is 21.1. The van der Waals surface area contributed by atoms with E-state index in [4.69, 9.17) is 4.74 Å². The van der Waals surface area contributed by atoms with E-state index in [0.717, 1.165) is 27.6 Å². The van der Waals surface area contributed by atoms with Crippen molar-refractivity contribution in [2.24, 2.45) is 5.92 Å². The number of ether oxygens (including phenoxy) is 1. The molecule has 4 atom stereocenters. The van der Waals surface area contributed by atoms with Crippen molar-refractivity contribution in [3.8, 4) is 0 Å². The largest absolute Gasteiger partial charge is 0.395 e. The minimum atomic E-state index is -3.51. The van der Waals surface area contributed by atoms with Gasteiger partial charge in [0.2, 0.25) is 14.3 Å². The number of hydrogen-bond donors (Lipinski definition) is 1. The van der Waals surface area contributed by atoms with Crippen LogP contribution < -0.4 is 9.80 Å². The fraction of sp³-hybridized carbons (Fsp3) is 0.279. The third kappa shape index (κ3) is 5.76. The van der Waals surface area contributed by atoms with Crippen LogP contribution in [-0.4, -0.2) is 55.4 Å². The molecule has 3 aliphatic rings. The maximum atomic E-state index is 16.5.